The second-order valence-electron chi connectivity index (χ2n) is 8.03. The quantitative estimate of drug-likeness (QED) is 0.294. The lowest BCUT2D eigenvalue weighted by Gasteiger charge is -2.15. The zero-order chi connectivity index (χ0) is 21.3. The Kier molecular flexibility index (Phi) is 7.96. The van der Waals surface area contributed by atoms with E-state index in [1.165, 1.54) is 11.3 Å². The van der Waals surface area contributed by atoms with Crippen LogP contribution < -0.4 is 20.1 Å². The second kappa shape index (κ2) is 11.3. The summed E-state index contributed by atoms with van der Waals surface area (Å²) in [6, 6.07) is 16.5. The number of hydrogen-bond acceptors (Lipinski definition) is 5. The van der Waals surface area contributed by atoms with E-state index in [-0.39, 0.29) is 0 Å². The monoisotopic (exact) mass is 440 g/mol. The Bertz CT molecular complexity index is 862. The van der Waals surface area contributed by atoms with Crippen LogP contribution in [0.3, 0.4) is 0 Å². The fraction of sp³-hybridized carbons (Fsp3) is 0.458. The minimum Gasteiger partial charge on any atom is -0.490 e. The molecule has 0 spiro atoms. The molecule has 0 aliphatic carbocycles. The number of benzene rings is 2. The first-order valence-corrected chi connectivity index (χ1v) is 12.1. The van der Waals surface area contributed by atoms with Crippen LogP contribution in [0, 0.1) is 5.92 Å². The molecule has 2 aliphatic rings. The molecule has 31 heavy (non-hydrogen) atoms. The Morgan fingerprint density at radius 2 is 1.97 bits per heavy atom. The van der Waals surface area contributed by atoms with Crippen molar-refractivity contribution in [3.63, 3.8) is 0 Å². The lowest BCUT2D eigenvalue weighted by atomic mass is 10.1. The van der Waals surface area contributed by atoms with Gasteiger partial charge in [-0.15, -0.1) is 11.8 Å². The highest BCUT2D eigenvalue weighted by Crippen LogP contribution is 2.32. The SMILES string of the molecule is CN1CCC(CN=C(NCCSc2ccccc2)Nc2ccc3c(c2)OCCCO3)C1. The maximum atomic E-state index is 5.84. The Morgan fingerprint density at radius 3 is 2.77 bits per heavy atom. The van der Waals surface area contributed by atoms with Crippen molar-refractivity contribution in [2.45, 2.75) is 17.7 Å². The van der Waals surface area contributed by atoms with Crippen molar-refractivity contribution in [2.24, 2.45) is 10.9 Å². The Morgan fingerprint density at radius 1 is 1.13 bits per heavy atom. The minimum absolute atomic E-state index is 0.617. The molecule has 0 amide bonds. The van der Waals surface area contributed by atoms with Crippen molar-refractivity contribution < 1.29 is 9.47 Å². The Labute approximate surface area is 189 Å². The summed E-state index contributed by atoms with van der Waals surface area (Å²) < 4.78 is 11.6. The van der Waals surface area contributed by atoms with Crippen LogP contribution in [-0.2, 0) is 0 Å². The summed E-state index contributed by atoms with van der Waals surface area (Å²) in [4.78, 5) is 8.56. The van der Waals surface area contributed by atoms with E-state index in [2.05, 4.69) is 46.8 Å². The normalized spacial score (nSPS) is 19.1. The largest absolute Gasteiger partial charge is 0.490 e. The third-order valence-electron chi connectivity index (χ3n) is 5.41. The molecule has 2 aliphatic heterocycles. The molecule has 2 aromatic rings. The molecule has 4 rings (SSSR count). The van der Waals surface area contributed by atoms with Crippen LogP contribution in [0.1, 0.15) is 12.8 Å². The van der Waals surface area contributed by atoms with E-state index in [0.717, 1.165) is 61.5 Å². The van der Waals surface area contributed by atoms with Gasteiger partial charge in [0.25, 0.3) is 0 Å². The highest BCUT2D eigenvalue weighted by molar-refractivity contribution is 7.99. The van der Waals surface area contributed by atoms with E-state index in [4.69, 9.17) is 14.5 Å². The van der Waals surface area contributed by atoms with Gasteiger partial charge in [-0.2, -0.15) is 0 Å². The summed E-state index contributed by atoms with van der Waals surface area (Å²) in [5, 5.41) is 6.96. The fourth-order valence-electron chi connectivity index (χ4n) is 3.77. The van der Waals surface area contributed by atoms with Crippen LogP contribution in [0.2, 0.25) is 0 Å². The maximum Gasteiger partial charge on any atom is 0.195 e. The molecule has 2 aromatic carbocycles. The van der Waals surface area contributed by atoms with E-state index in [1.807, 2.05) is 36.0 Å². The number of rotatable bonds is 7. The summed E-state index contributed by atoms with van der Waals surface area (Å²) in [7, 11) is 2.18. The van der Waals surface area contributed by atoms with E-state index in [1.54, 1.807) is 0 Å². The van der Waals surface area contributed by atoms with E-state index < -0.39 is 0 Å². The number of guanidine groups is 1. The van der Waals surface area contributed by atoms with Crippen molar-refractivity contribution in [2.75, 3.05) is 57.5 Å². The molecule has 2 N–H and O–H groups in total. The zero-order valence-corrected chi connectivity index (χ0v) is 19.0. The zero-order valence-electron chi connectivity index (χ0n) is 18.2. The number of ether oxygens (including phenoxy) is 2. The molecule has 0 bridgehead atoms. The lowest BCUT2D eigenvalue weighted by molar-refractivity contribution is 0.297. The molecule has 166 valence electrons. The van der Waals surface area contributed by atoms with E-state index in [0.29, 0.717) is 19.1 Å². The Hall–Kier alpha value is -2.38. The average molecular weight is 441 g/mol. The molecule has 7 heteroatoms. The molecule has 1 unspecified atom stereocenters. The van der Waals surface area contributed by atoms with Gasteiger partial charge in [-0.1, -0.05) is 18.2 Å². The number of hydrogen-bond donors (Lipinski definition) is 2. The predicted octanol–water partition coefficient (Wildman–Crippen LogP) is 3.95. The first kappa shape index (κ1) is 21.8. The van der Waals surface area contributed by atoms with E-state index >= 15 is 0 Å². The third-order valence-corrected chi connectivity index (χ3v) is 6.43. The lowest BCUT2D eigenvalue weighted by Crippen LogP contribution is -2.33. The van der Waals surface area contributed by atoms with Crippen molar-refractivity contribution in [3.8, 4) is 11.5 Å². The maximum absolute atomic E-state index is 5.84. The number of thioether (sulfide) groups is 1. The van der Waals surface area contributed by atoms with Crippen LogP contribution in [0.4, 0.5) is 5.69 Å². The van der Waals surface area contributed by atoms with Gasteiger partial charge in [-0.25, -0.2) is 0 Å². The predicted molar refractivity (Wildman–Crippen MR) is 129 cm³/mol. The van der Waals surface area contributed by atoms with Gasteiger partial charge in [-0.05, 0) is 50.2 Å². The standard InChI is InChI=1S/C24H32N4O2S/c1-28-12-10-19(18-28)17-26-24(25-11-15-31-21-6-3-2-4-7-21)27-20-8-9-22-23(16-20)30-14-5-13-29-22/h2-4,6-9,16,19H,5,10-15,17-18H2,1H3,(H2,25,26,27). The summed E-state index contributed by atoms with van der Waals surface area (Å²) in [6.07, 6.45) is 2.11. The van der Waals surface area contributed by atoms with E-state index in [9.17, 15) is 0 Å². The van der Waals surface area contributed by atoms with Crippen LogP contribution in [0.25, 0.3) is 0 Å². The van der Waals surface area contributed by atoms with Crippen LogP contribution in [0.5, 0.6) is 11.5 Å². The van der Waals surface area contributed by atoms with Gasteiger partial charge in [-0.3, -0.25) is 4.99 Å². The number of fused-ring (bicyclic) bond motifs is 1. The molecule has 1 saturated heterocycles. The van der Waals surface area contributed by atoms with Gasteiger partial charge in [0.2, 0.25) is 0 Å². The highest BCUT2D eigenvalue weighted by Gasteiger charge is 2.19. The molecule has 0 aromatic heterocycles. The molecule has 1 fully saturated rings. The van der Waals surface area contributed by atoms with Crippen LogP contribution >= 0.6 is 11.8 Å². The van der Waals surface area contributed by atoms with Gasteiger partial charge in [0.05, 0.1) is 13.2 Å². The Balaban J connectivity index is 1.37. The molecule has 6 nitrogen and oxygen atoms in total. The number of likely N-dealkylation sites (tertiary alicyclic amines) is 1. The summed E-state index contributed by atoms with van der Waals surface area (Å²) in [6.45, 7) is 5.32. The van der Waals surface area contributed by atoms with Gasteiger partial charge in [0, 0.05) is 48.5 Å². The van der Waals surface area contributed by atoms with Gasteiger partial charge < -0.3 is 25.0 Å². The summed E-state index contributed by atoms with van der Waals surface area (Å²) in [5.41, 5.74) is 0.953. The number of nitrogens with one attached hydrogen (secondary N) is 2. The van der Waals surface area contributed by atoms with Crippen molar-refractivity contribution in [1.82, 2.24) is 10.2 Å². The number of anilines is 1. The molecular weight excluding hydrogens is 408 g/mol. The third kappa shape index (κ3) is 6.80. The van der Waals surface area contributed by atoms with Crippen molar-refractivity contribution >= 4 is 23.4 Å². The minimum atomic E-state index is 0.617. The smallest absolute Gasteiger partial charge is 0.195 e. The highest BCUT2D eigenvalue weighted by atomic mass is 32.2. The fourth-order valence-corrected chi connectivity index (χ4v) is 4.56. The average Bonchev–Trinajstić information content (AvgIpc) is 3.07. The molecule has 0 saturated carbocycles. The molecular formula is C24H32N4O2S. The number of aliphatic imine (C=N–C) groups is 1. The van der Waals surface area contributed by atoms with Gasteiger partial charge >= 0.3 is 0 Å². The van der Waals surface area contributed by atoms with Crippen molar-refractivity contribution in [3.05, 3.63) is 48.5 Å². The van der Waals surface area contributed by atoms with Crippen LogP contribution in [-0.4, -0.2) is 63.1 Å². The first-order chi connectivity index (χ1) is 15.3. The second-order valence-corrected chi connectivity index (χ2v) is 9.20. The van der Waals surface area contributed by atoms with Crippen LogP contribution in [0.15, 0.2) is 58.4 Å². The van der Waals surface area contributed by atoms with Crippen molar-refractivity contribution in [1.29, 1.82) is 0 Å². The first-order valence-electron chi connectivity index (χ1n) is 11.1. The van der Waals surface area contributed by atoms with Gasteiger partial charge in [0.1, 0.15) is 0 Å². The molecule has 0 radical (unpaired) electrons. The molecule has 1 atom stereocenters. The topological polar surface area (TPSA) is 58.1 Å². The number of nitrogens with zero attached hydrogens (tertiary/aromatic N) is 2. The molecule has 2 heterocycles. The summed E-state index contributed by atoms with van der Waals surface area (Å²) >= 11 is 1.84. The summed E-state index contributed by atoms with van der Waals surface area (Å²) in [5.74, 6) is 4.00. The van der Waals surface area contributed by atoms with Gasteiger partial charge in [0.15, 0.2) is 17.5 Å².